The van der Waals surface area contributed by atoms with Crippen molar-refractivity contribution < 1.29 is 28.7 Å². The van der Waals surface area contributed by atoms with Gasteiger partial charge in [-0.25, -0.2) is 9.36 Å². The number of aliphatic hydroxyl groups excluding tert-OH is 1. The molecule has 124 valence electrons. The third kappa shape index (κ3) is 3.52. The van der Waals surface area contributed by atoms with Crippen molar-refractivity contribution in [3.8, 4) is 0 Å². The first-order valence-corrected chi connectivity index (χ1v) is 7.74. The number of rotatable bonds is 4. The molecule has 0 bridgehead atoms. The number of nitrogens with zero attached hydrogens (tertiary/aromatic N) is 1. The van der Waals surface area contributed by atoms with Crippen molar-refractivity contribution in [2.45, 2.75) is 31.4 Å². The van der Waals surface area contributed by atoms with Gasteiger partial charge in [0, 0.05) is 11.8 Å². The number of aryl methyl sites for hydroxylation is 1. The maximum Gasteiger partial charge on any atom is 0.469 e. The number of aromatic nitrogens is 2. The van der Waals surface area contributed by atoms with Crippen molar-refractivity contribution in [3.63, 3.8) is 0 Å². The summed E-state index contributed by atoms with van der Waals surface area (Å²) in [4.78, 5) is 42.5. The molecule has 0 saturated carbocycles. The number of aliphatic hydroxyl groups is 1. The average Bonchev–Trinajstić information content (AvgIpc) is 2.68. The Labute approximate surface area is 123 Å². The highest BCUT2D eigenvalue weighted by molar-refractivity contribution is 7.46. The minimum absolute atomic E-state index is 0.236. The molecule has 0 radical (unpaired) electrons. The van der Waals surface area contributed by atoms with Gasteiger partial charge >= 0.3 is 13.5 Å². The van der Waals surface area contributed by atoms with Crippen LogP contribution in [0.25, 0.3) is 0 Å². The first-order valence-electron chi connectivity index (χ1n) is 6.21. The second-order valence-electron chi connectivity index (χ2n) is 4.90. The molecule has 4 atom stereocenters. The molecule has 6 N–H and O–H groups in total. The van der Waals surface area contributed by atoms with E-state index in [1.807, 2.05) is 0 Å². The van der Waals surface area contributed by atoms with E-state index in [9.17, 15) is 19.3 Å². The lowest BCUT2D eigenvalue weighted by Gasteiger charge is -2.18. The van der Waals surface area contributed by atoms with Gasteiger partial charge in [0.1, 0.15) is 12.2 Å². The molecule has 2 heterocycles. The van der Waals surface area contributed by atoms with Crippen LogP contribution in [0, 0.1) is 6.92 Å². The highest BCUT2D eigenvalue weighted by Gasteiger charge is 2.43. The molecule has 1 aromatic heterocycles. The molecular formula is C10H16N3O8P. The zero-order valence-electron chi connectivity index (χ0n) is 11.4. The Morgan fingerprint density at radius 2 is 2.14 bits per heavy atom. The monoisotopic (exact) mass is 337 g/mol. The zero-order valence-corrected chi connectivity index (χ0v) is 12.3. The van der Waals surface area contributed by atoms with Gasteiger partial charge < -0.3 is 25.4 Å². The van der Waals surface area contributed by atoms with Gasteiger partial charge in [0.15, 0.2) is 6.23 Å². The van der Waals surface area contributed by atoms with Crippen molar-refractivity contribution in [1.29, 1.82) is 0 Å². The molecule has 1 aliphatic rings. The zero-order chi connectivity index (χ0) is 16.7. The number of hydrogen-bond acceptors (Lipinski definition) is 7. The summed E-state index contributed by atoms with van der Waals surface area (Å²) in [5.41, 5.74) is 4.66. The quantitative estimate of drug-likeness (QED) is 0.373. The molecule has 0 unspecified atom stereocenters. The van der Waals surface area contributed by atoms with Crippen LogP contribution in [0.1, 0.15) is 11.8 Å². The molecule has 1 fully saturated rings. The predicted octanol–water partition coefficient (Wildman–Crippen LogP) is -2.46. The van der Waals surface area contributed by atoms with Crippen molar-refractivity contribution >= 4 is 7.82 Å². The van der Waals surface area contributed by atoms with Crippen molar-refractivity contribution in [1.82, 2.24) is 9.55 Å². The second-order valence-corrected chi connectivity index (χ2v) is 6.14. The van der Waals surface area contributed by atoms with E-state index >= 15 is 0 Å². The normalized spacial score (nSPS) is 29.0. The highest BCUT2D eigenvalue weighted by Crippen LogP contribution is 2.37. The largest absolute Gasteiger partial charge is 0.469 e. The van der Waals surface area contributed by atoms with Gasteiger partial charge in [-0.05, 0) is 6.92 Å². The molecule has 11 nitrogen and oxygen atoms in total. The molecule has 0 aromatic carbocycles. The van der Waals surface area contributed by atoms with Crippen LogP contribution in [0.4, 0.5) is 0 Å². The Morgan fingerprint density at radius 3 is 2.73 bits per heavy atom. The van der Waals surface area contributed by atoms with Crippen LogP contribution in [-0.2, 0) is 13.8 Å². The standard InChI is InChI=1S/C10H16N3O8P/c1-4-2-13(10(16)12-8(4)15)9-6(11)7(14)5(21-9)3-20-22(17,18)19/h2,5-7,9,14H,3,11H2,1H3,(H,12,15,16)(H2,17,18,19)/t5-,6-,7-,9-/m1/s1. The van der Waals surface area contributed by atoms with E-state index in [2.05, 4.69) is 9.51 Å². The van der Waals surface area contributed by atoms with E-state index in [4.69, 9.17) is 20.3 Å². The Balaban J connectivity index is 2.23. The molecule has 2 rings (SSSR count). The third-order valence-electron chi connectivity index (χ3n) is 3.25. The van der Waals surface area contributed by atoms with Crippen LogP contribution < -0.4 is 17.0 Å². The Bertz CT molecular complexity index is 709. The molecule has 22 heavy (non-hydrogen) atoms. The molecule has 1 saturated heterocycles. The van der Waals surface area contributed by atoms with E-state index in [-0.39, 0.29) is 5.56 Å². The number of phosphoric ester groups is 1. The first-order chi connectivity index (χ1) is 10.1. The lowest BCUT2D eigenvalue weighted by atomic mass is 10.1. The van der Waals surface area contributed by atoms with Crippen molar-refractivity contribution in [2.75, 3.05) is 6.61 Å². The van der Waals surface area contributed by atoms with E-state index in [1.54, 1.807) is 0 Å². The summed E-state index contributed by atoms with van der Waals surface area (Å²) in [7, 11) is -4.73. The smallest absolute Gasteiger partial charge is 0.389 e. The van der Waals surface area contributed by atoms with Gasteiger partial charge in [0.2, 0.25) is 0 Å². The molecular weight excluding hydrogens is 321 g/mol. The van der Waals surface area contributed by atoms with Crippen LogP contribution >= 0.6 is 7.82 Å². The van der Waals surface area contributed by atoms with Crippen LogP contribution in [0.3, 0.4) is 0 Å². The molecule has 0 aliphatic carbocycles. The number of ether oxygens (including phenoxy) is 1. The van der Waals surface area contributed by atoms with E-state index in [0.717, 1.165) is 4.57 Å². The minimum atomic E-state index is -4.73. The lowest BCUT2D eigenvalue weighted by Crippen LogP contribution is -2.43. The summed E-state index contributed by atoms with van der Waals surface area (Å²) < 4.78 is 21.3. The Kier molecular flexibility index (Phi) is 4.68. The van der Waals surface area contributed by atoms with Gasteiger partial charge in [0.05, 0.1) is 12.6 Å². The summed E-state index contributed by atoms with van der Waals surface area (Å²) in [6.45, 7) is 0.868. The van der Waals surface area contributed by atoms with Gasteiger partial charge in [-0.1, -0.05) is 0 Å². The van der Waals surface area contributed by atoms with Crippen LogP contribution in [-0.4, -0.2) is 49.3 Å². The van der Waals surface area contributed by atoms with Gasteiger partial charge in [-0.2, -0.15) is 0 Å². The summed E-state index contributed by atoms with van der Waals surface area (Å²) in [6.07, 6.45) is -2.32. The Morgan fingerprint density at radius 1 is 1.50 bits per heavy atom. The first kappa shape index (κ1) is 17.0. The van der Waals surface area contributed by atoms with Crippen molar-refractivity contribution in [3.05, 3.63) is 32.6 Å². The fourth-order valence-electron chi connectivity index (χ4n) is 2.10. The van der Waals surface area contributed by atoms with Crippen LogP contribution in [0.15, 0.2) is 15.8 Å². The van der Waals surface area contributed by atoms with Crippen LogP contribution in [0.2, 0.25) is 0 Å². The molecule has 1 aliphatic heterocycles. The van der Waals surface area contributed by atoms with Crippen molar-refractivity contribution in [2.24, 2.45) is 5.73 Å². The summed E-state index contributed by atoms with van der Waals surface area (Å²) >= 11 is 0. The fraction of sp³-hybridized carbons (Fsp3) is 0.600. The van der Waals surface area contributed by atoms with Gasteiger partial charge in [0.25, 0.3) is 5.56 Å². The minimum Gasteiger partial charge on any atom is -0.389 e. The third-order valence-corrected chi connectivity index (χ3v) is 3.73. The number of nitrogens with two attached hydrogens (primary N) is 1. The number of H-pyrrole nitrogens is 1. The number of hydrogen-bond donors (Lipinski definition) is 5. The van der Waals surface area contributed by atoms with E-state index in [0.29, 0.717) is 0 Å². The number of phosphoric acid groups is 1. The molecule has 0 amide bonds. The van der Waals surface area contributed by atoms with Crippen LogP contribution in [0.5, 0.6) is 0 Å². The van der Waals surface area contributed by atoms with Gasteiger partial charge in [-0.3, -0.25) is 18.9 Å². The summed E-state index contributed by atoms with van der Waals surface area (Å²) in [5.74, 6) is 0. The van der Waals surface area contributed by atoms with Gasteiger partial charge in [-0.15, -0.1) is 0 Å². The lowest BCUT2D eigenvalue weighted by molar-refractivity contribution is -0.0457. The van der Waals surface area contributed by atoms with E-state index in [1.165, 1.54) is 13.1 Å². The maximum absolute atomic E-state index is 11.8. The topological polar surface area (TPSA) is 177 Å². The number of nitrogens with one attached hydrogen (secondary N) is 1. The summed E-state index contributed by atoms with van der Waals surface area (Å²) in [6, 6.07) is -1.05. The molecule has 0 spiro atoms. The molecule has 1 aromatic rings. The predicted molar refractivity (Wildman–Crippen MR) is 71.9 cm³/mol. The SMILES string of the molecule is Cc1cn([C@@H]2O[C@H](COP(=O)(O)O)[C@@H](O)[C@H]2N)c(=O)[nH]c1=O. The average molecular weight is 337 g/mol. The highest BCUT2D eigenvalue weighted by atomic mass is 31.2. The molecule has 12 heteroatoms. The number of aromatic amines is 1. The second kappa shape index (κ2) is 6.05. The summed E-state index contributed by atoms with van der Waals surface area (Å²) in [5, 5.41) is 9.93. The maximum atomic E-state index is 11.8. The Hall–Kier alpha value is -1.33. The van der Waals surface area contributed by atoms with E-state index < -0.39 is 50.2 Å². The fourth-order valence-corrected chi connectivity index (χ4v) is 2.44.